The zero-order chi connectivity index (χ0) is 11.3. The summed E-state index contributed by atoms with van der Waals surface area (Å²) in [6, 6.07) is 0. The van der Waals surface area contributed by atoms with E-state index in [9.17, 15) is 4.79 Å². The molecule has 0 radical (unpaired) electrons. The molecule has 2 atom stereocenters. The van der Waals surface area contributed by atoms with Crippen molar-refractivity contribution in [2.75, 3.05) is 13.1 Å². The predicted octanol–water partition coefficient (Wildman–Crippen LogP) is 1.52. The van der Waals surface area contributed by atoms with Gasteiger partial charge in [0.25, 0.3) is 0 Å². The van der Waals surface area contributed by atoms with Gasteiger partial charge < -0.3 is 11.1 Å². The van der Waals surface area contributed by atoms with Crippen LogP contribution in [-0.4, -0.2) is 19.0 Å². The molecule has 3 nitrogen and oxygen atoms in total. The van der Waals surface area contributed by atoms with Crippen molar-refractivity contribution in [1.82, 2.24) is 5.32 Å². The van der Waals surface area contributed by atoms with Gasteiger partial charge in [-0.15, -0.1) is 0 Å². The second-order valence-electron chi connectivity index (χ2n) is 4.94. The Morgan fingerprint density at radius 2 is 1.93 bits per heavy atom. The van der Waals surface area contributed by atoms with Crippen molar-refractivity contribution >= 4 is 5.91 Å². The Morgan fingerprint density at radius 3 is 2.47 bits per heavy atom. The minimum absolute atomic E-state index is 0.0879. The van der Waals surface area contributed by atoms with Crippen LogP contribution in [0.1, 0.15) is 39.5 Å². The minimum Gasteiger partial charge on any atom is -0.356 e. The highest BCUT2D eigenvalue weighted by Crippen LogP contribution is 2.28. The lowest BCUT2D eigenvalue weighted by Gasteiger charge is -2.30. The van der Waals surface area contributed by atoms with E-state index in [1.165, 1.54) is 25.7 Å². The molecule has 0 bridgehead atoms. The first-order valence-electron chi connectivity index (χ1n) is 6.13. The average molecular weight is 212 g/mol. The number of rotatable bonds is 4. The van der Waals surface area contributed by atoms with Gasteiger partial charge in [0.1, 0.15) is 0 Å². The number of carbonyl (C=O) groups excluding carboxylic acids is 1. The lowest BCUT2D eigenvalue weighted by atomic mass is 9.79. The zero-order valence-electron chi connectivity index (χ0n) is 9.96. The third-order valence-electron chi connectivity index (χ3n) is 3.43. The fourth-order valence-electron chi connectivity index (χ4n) is 2.30. The van der Waals surface area contributed by atoms with E-state index in [1.807, 2.05) is 13.8 Å². The molecular weight excluding hydrogens is 188 g/mol. The second-order valence-corrected chi connectivity index (χ2v) is 4.94. The molecule has 1 rings (SSSR count). The number of hydrogen-bond donors (Lipinski definition) is 2. The largest absolute Gasteiger partial charge is 0.356 e. The van der Waals surface area contributed by atoms with Crippen LogP contribution in [0, 0.1) is 17.8 Å². The Balaban J connectivity index is 2.32. The van der Waals surface area contributed by atoms with Gasteiger partial charge in [-0.2, -0.15) is 0 Å². The smallest absolute Gasteiger partial charge is 0.222 e. The summed E-state index contributed by atoms with van der Waals surface area (Å²) in [6.45, 7) is 5.44. The van der Waals surface area contributed by atoms with Gasteiger partial charge in [0.15, 0.2) is 0 Å². The standard InChI is InChI=1S/C12H24N2O/c1-9(2)12(15)14-8-11-6-4-3-5-10(11)7-13/h9-11H,3-8,13H2,1-2H3,(H,14,15). The summed E-state index contributed by atoms with van der Waals surface area (Å²) in [4.78, 5) is 11.4. The van der Waals surface area contributed by atoms with Crippen molar-refractivity contribution in [3.63, 3.8) is 0 Å². The van der Waals surface area contributed by atoms with Gasteiger partial charge in [-0.25, -0.2) is 0 Å². The first kappa shape index (κ1) is 12.5. The highest BCUT2D eigenvalue weighted by Gasteiger charge is 2.24. The molecule has 0 aromatic rings. The molecule has 0 heterocycles. The Bertz CT molecular complexity index is 204. The molecule has 0 saturated heterocycles. The number of hydrogen-bond acceptors (Lipinski definition) is 2. The average Bonchev–Trinajstić information content (AvgIpc) is 2.26. The fraction of sp³-hybridized carbons (Fsp3) is 0.917. The molecule has 0 aromatic carbocycles. The van der Waals surface area contributed by atoms with Crippen LogP contribution in [0.3, 0.4) is 0 Å². The Labute approximate surface area is 92.8 Å². The molecule has 2 unspecified atom stereocenters. The Morgan fingerprint density at radius 1 is 1.33 bits per heavy atom. The van der Waals surface area contributed by atoms with E-state index in [2.05, 4.69) is 5.32 Å². The van der Waals surface area contributed by atoms with E-state index in [1.54, 1.807) is 0 Å². The van der Waals surface area contributed by atoms with E-state index in [4.69, 9.17) is 5.73 Å². The molecule has 0 aliphatic heterocycles. The van der Waals surface area contributed by atoms with Crippen LogP contribution in [0.2, 0.25) is 0 Å². The number of amides is 1. The molecule has 3 N–H and O–H groups in total. The highest BCUT2D eigenvalue weighted by atomic mass is 16.1. The van der Waals surface area contributed by atoms with Crippen LogP contribution < -0.4 is 11.1 Å². The van der Waals surface area contributed by atoms with Crippen molar-refractivity contribution in [1.29, 1.82) is 0 Å². The number of carbonyl (C=O) groups is 1. The third-order valence-corrected chi connectivity index (χ3v) is 3.43. The fourth-order valence-corrected chi connectivity index (χ4v) is 2.30. The minimum atomic E-state index is 0.0879. The van der Waals surface area contributed by atoms with Crippen LogP contribution >= 0.6 is 0 Å². The zero-order valence-corrected chi connectivity index (χ0v) is 9.96. The van der Waals surface area contributed by atoms with Crippen molar-refractivity contribution < 1.29 is 4.79 Å². The summed E-state index contributed by atoms with van der Waals surface area (Å²) in [5, 5.41) is 3.02. The maximum Gasteiger partial charge on any atom is 0.222 e. The molecular formula is C12H24N2O. The van der Waals surface area contributed by atoms with Gasteiger partial charge in [-0.05, 0) is 31.2 Å². The second kappa shape index (κ2) is 6.11. The predicted molar refractivity (Wildman–Crippen MR) is 62.4 cm³/mol. The van der Waals surface area contributed by atoms with Crippen LogP contribution in [0.15, 0.2) is 0 Å². The normalized spacial score (nSPS) is 26.7. The molecule has 0 aromatic heterocycles. The monoisotopic (exact) mass is 212 g/mol. The van der Waals surface area contributed by atoms with E-state index in [0.717, 1.165) is 13.1 Å². The number of nitrogens with one attached hydrogen (secondary N) is 1. The summed E-state index contributed by atoms with van der Waals surface area (Å²) < 4.78 is 0. The van der Waals surface area contributed by atoms with Crippen molar-refractivity contribution in [3.8, 4) is 0 Å². The highest BCUT2D eigenvalue weighted by molar-refractivity contribution is 5.77. The molecule has 1 aliphatic rings. The first-order valence-corrected chi connectivity index (χ1v) is 6.13. The summed E-state index contributed by atoms with van der Waals surface area (Å²) in [6.07, 6.45) is 5.05. The SMILES string of the molecule is CC(C)C(=O)NCC1CCCCC1CN. The summed E-state index contributed by atoms with van der Waals surface area (Å²) in [5.74, 6) is 1.47. The van der Waals surface area contributed by atoms with Crippen LogP contribution in [0.25, 0.3) is 0 Å². The first-order chi connectivity index (χ1) is 7.15. The summed E-state index contributed by atoms with van der Waals surface area (Å²) in [5.41, 5.74) is 5.75. The van der Waals surface area contributed by atoms with Gasteiger partial charge in [0, 0.05) is 12.5 Å². The summed E-state index contributed by atoms with van der Waals surface area (Å²) in [7, 11) is 0. The van der Waals surface area contributed by atoms with Crippen LogP contribution in [-0.2, 0) is 4.79 Å². The molecule has 0 spiro atoms. The molecule has 1 amide bonds. The summed E-state index contributed by atoms with van der Waals surface area (Å²) >= 11 is 0. The van der Waals surface area contributed by atoms with E-state index in [0.29, 0.717) is 11.8 Å². The van der Waals surface area contributed by atoms with Crippen molar-refractivity contribution in [2.45, 2.75) is 39.5 Å². The molecule has 1 saturated carbocycles. The lowest BCUT2D eigenvalue weighted by molar-refractivity contribution is -0.124. The molecule has 1 fully saturated rings. The van der Waals surface area contributed by atoms with Gasteiger partial charge in [0.05, 0.1) is 0 Å². The van der Waals surface area contributed by atoms with Crippen molar-refractivity contribution in [3.05, 3.63) is 0 Å². The Hall–Kier alpha value is -0.570. The Kier molecular flexibility index (Phi) is 5.09. The topological polar surface area (TPSA) is 55.1 Å². The van der Waals surface area contributed by atoms with Crippen LogP contribution in [0.4, 0.5) is 0 Å². The van der Waals surface area contributed by atoms with Crippen molar-refractivity contribution in [2.24, 2.45) is 23.5 Å². The van der Waals surface area contributed by atoms with Gasteiger partial charge in [-0.3, -0.25) is 4.79 Å². The van der Waals surface area contributed by atoms with Crippen LogP contribution in [0.5, 0.6) is 0 Å². The van der Waals surface area contributed by atoms with E-state index >= 15 is 0 Å². The van der Waals surface area contributed by atoms with Gasteiger partial charge in [0.2, 0.25) is 5.91 Å². The van der Waals surface area contributed by atoms with E-state index < -0.39 is 0 Å². The molecule has 88 valence electrons. The maximum absolute atomic E-state index is 11.4. The maximum atomic E-state index is 11.4. The quantitative estimate of drug-likeness (QED) is 0.742. The molecule has 1 aliphatic carbocycles. The van der Waals surface area contributed by atoms with Gasteiger partial charge >= 0.3 is 0 Å². The lowest BCUT2D eigenvalue weighted by Crippen LogP contribution is -2.38. The third kappa shape index (κ3) is 3.82. The van der Waals surface area contributed by atoms with Gasteiger partial charge in [-0.1, -0.05) is 26.7 Å². The molecule has 3 heteroatoms. The molecule has 15 heavy (non-hydrogen) atoms. The number of nitrogens with two attached hydrogens (primary N) is 1. The van der Waals surface area contributed by atoms with E-state index in [-0.39, 0.29) is 11.8 Å².